The molecule has 0 radical (unpaired) electrons. The summed E-state index contributed by atoms with van der Waals surface area (Å²) in [5.74, 6) is 0.441. The van der Waals surface area contributed by atoms with Gasteiger partial charge in [0.2, 0.25) is 0 Å². The van der Waals surface area contributed by atoms with E-state index in [2.05, 4.69) is 0 Å². The summed E-state index contributed by atoms with van der Waals surface area (Å²) in [6.45, 7) is 2.26. The van der Waals surface area contributed by atoms with Crippen molar-refractivity contribution < 1.29 is 9.84 Å². The smallest absolute Gasteiger partial charge is 0.122 e. The molecule has 0 aromatic heterocycles. The minimum atomic E-state index is -0.778. The van der Waals surface area contributed by atoms with Gasteiger partial charge in [0.15, 0.2) is 0 Å². The second kappa shape index (κ2) is 6.94. The van der Waals surface area contributed by atoms with Crippen LogP contribution in [-0.2, 0) is 0 Å². The van der Waals surface area contributed by atoms with Gasteiger partial charge in [0.1, 0.15) is 5.75 Å². The summed E-state index contributed by atoms with van der Waals surface area (Å²) in [6, 6.07) is 13.2. The first-order chi connectivity index (χ1) is 10.1. The number of hydrogen-bond acceptors (Lipinski definition) is 3. The predicted molar refractivity (Wildman–Crippen MR) is 85.9 cm³/mol. The van der Waals surface area contributed by atoms with Gasteiger partial charge in [-0.3, -0.25) is 0 Å². The number of aryl methyl sites for hydroxylation is 1. The second-order valence-corrected chi connectivity index (χ2v) is 5.46. The third-order valence-corrected chi connectivity index (χ3v) is 3.98. The standard InChI is InChI=1S/C17H20ClNO2/c1-11-7-8-13(15(18)9-11)17(20)14(10-19)12-5-3-4-6-16(12)21-2/h3-9,14,17,20H,10,19H2,1-2H3. The monoisotopic (exact) mass is 305 g/mol. The van der Waals surface area contributed by atoms with Gasteiger partial charge in [-0.15, -0.1) is 0 Å². The van der Waals surface area contributed by atoms with Gasteiger partial charge < -0.3 is 15.6 Å². The third kappa shape index (κ3) is 3.38. The zero-order chi connectivity index (χ0) is 15.4. The Morgan fingerprint density at radius 2 is 1.90 bits per heavy atom. The van der Waals surface area contributed by atoms with Gasteiger partial charge in [-0.2, -0.15) is 0 Å². The van der Waals surface area contributed by atoms with Crippen LogP contribution in [-0.4, -0.2) is 18.8 Å². The van der Waals surface area contributed by atoms with Crippen molar-refractivity contribution in [3.05, 3.63) is 64.2 Å². The highest BCUT2D eigenvalue weighted by molar-refractivity contribution is 6.31. The molecule has 3 nitrogen and oxygen atoms in total. The van der Waals surface area contributed by atoms with Crippen LogP contribution in [0.2, 0.25) is 5.02 Å². The minimum Gasteiger partial charge on any atom is -0.496 e. The first kappa shape index (κ1) is 15.8. The van der Waals surface area contributed by atoms with Crippen LogP contribution < -0.4 is 10.5 Å². The molecule has 0 heterocycles. The molecule has 0 fully saturated rings. The molecular formula is C17H20ClNO2. The molecule has 4 heteroatoms. The van der Waals surface area contributed by atoms with Crippen molar-refractivity contribution in [3.8, 4) is 5.75 Å². The Bertz CT molecular complexity index is 615. The highest BCUT2D eigenvalue weighted by Gasteiger charge is 2.25. The van der Waals surface area contributed by atoms with Gasteiger partial charge in [0.25, 0.3) is 0 Å². The number of nitrogens with two attached hydrogens (primary N) is 1. The Morgan fingerprint density at radius 1 is 1.19 bits per heavy atom. The molecule has 0 aliphatic heterocycles. The number of ether oxygens (including phenoxy) is 1. The first-order valence-electron chi connectivity index (χ1n) is 6.85. The maximum absolute atomic E-state index is 10.7. The van der Waals surface area contributed by atoms with E-state index in [4.69, 9.17) is 22.1 Å². The first-order valence-corrected chi connectivity index (χ1v) is 7.23. The number of aliphatic hydroxyl groups is 1. The van der Waals surface area contributed by atoms with Crippen molar-refractivity contribution in [3.63, 3.8) is 0 Å². The van der Waals surface area contributed by atoms with Crippen LogP contribution in [0, 0.1) is 6.92 Å². The number of para-hydroxylation sites is 1. The fourth-order valence-corrected chi connectivity index (χ4v) is 2.83. The fourth-order valence-electron chi connectivity index (χ4n) is 2.49. The van der Waals surface area contributed by atoms with Gasteiger partial charge in [0, 0.05) is 23.0 Å². The minimum absolute atomic E-state index is 0.277. The molecular weight excluding hydrogens is 286 g/mol. The zero-order valence-corrected chi connectivity index (χ0v) is 13.0. The van der Waals surface area contributed by atoms with Crippen LogP contribution in [0.15, 0.2) is 42.5 Å². The van der Waals surface area contributed by atoms with E-state index in [0.29, 0.717) is 17.1 Å². The predicted octanol–water partition coefficient (Wildman–Crippen LogP) is 3.43. The molecule has 0 bridgehead atoms. The second-order valence-electron chi connectivity index (χ2n) is 5.05. The Hall–Kier alpha value is -1.55. The third-order valence-electron chi connectivity index (χ3n) is 3.65. The summed E-state index contributed by atoms with van der Waals surface area (Å²) >= 11 is 6.25. The van der Waals surface area contributed by atoms with E-state index in [-0.39, 0.29) is 5.92 Å². The Morgan fingerprint density at radius 3 is 2.52 bits per heavy atom. The number of methoxy groups -OCH3 is 1. The molecule has 2 rings (SSSR count). The molecule has 2 unspecified atom stereocenters. The van der Waals surface area contributed by atoms with Gasteiger partial charge in [-0.25, -0.2) is 0 Å². The number of benzene rings is 2. The lowest BCUT2D eigenvalue weighted by atomic mass is 9.88. The molecule has 0 spiro atoms. The quantitative estimate of drug-likeness (QED) is 0.890. The lowest BCUT2D eigenvalue weighted by Crippen LogP contribution is -2.21. The summed E-state index contributed by atoms with van der Waals surface area (Å²) in [5, 5.41) is 11.3. The summed E-state index contributed by atoms with van der Waals surface area (Å²) in [5.41, 5.74) is 8.51. The van der Waals surface area contributed by atoms with Crippen molar-refractivity contribution in [1.82, 2.24) is 0 Å². The average molecular weight is 306 g/mol. The van der Waals surface area contributed by atoms with Crippen molar-refractivity contribution >= 4 is 11.6 Å². The van der Waals surface area contributed by atoms with E-state index in [1.165, 1.54) is 0 Å². The molecule has 2 aromatic carbocycles. The van der Waals surface area contributed by atoms with Crippen LogP contribution in [0.4, 0.5) is 0 Å². The van der Waals surface area contributed by atoms with E-state index < -0.39 is 6.10 Å². The van der Waals surface area contributed by atoms with Gasteiger partial charge in [-0.05, 0) is 30.2 Å². The molecule has 2 aromatic rings. The molecule has 3 N–H and O–H groups in total. The van der Waals surface area contributed by atoms with E-state index in [1.807, 2.05) is 49.4 Å². The Balaban J connectivity index is 2.40. The molecule has 0 saturated heterocycles. The zero-order valence-electron chi connectivity index (χ0n) is 12.2. The maximum atomic E-state index is 10.7. The molecule has 0 aliphatic rings. The molecule has 112 valence electrons. The number of rotatable bonds is 5. The van der Waals surface area contributed by atoms with E-state index in [9.17, 15) is 5.11 Å². The van der Waals surface area contributed by atoms with Gasteiger partial charge in [-0.1, -0.05) is 41.9 Å². The molecule has 0 aliphatic carbocycles. The summed E-state index contributed by atoms with van der Waals surface area (Å²) in [6.07, 6.45) is -0.778. The lowest BCUT2D eigenvalue weighted by Gasteiger charge is -2.24. The van der Waals surface area contributed by atoms with Crippen molar-refractivity contribution in [2.75, 3.05) is 13.7 Å². The van der Waals surface area contributed by atoms with Crippen LogP contribution in [0.1, 0.15) is 28.7 Å². The SMILES string of the molecule is COc1ccccc1C(CN)C(O)c1ccc(C)cc1Cl. The van der Waals surface area contributed by atoms with Crippen molar-refractivity contribution in [1.29, 1.82) is 0 Å². The van der Waals surface area contributed by atoms with Gasteiger partial charge in [0.05, 0.1) is 13.2 Å². The molecule has 21 heavy (non-hydrogen) atoms. The molecule has 0 amide bonds. The lowest BCUT2D eigenvalue weighted by molar-refractivity contribution is 0.146. The normalized spacial score (nSPS) is 13.8. The van der Waals surface area contributed by atoms with Crippen LogP contribution >= 0.6 is 11.6 Å². The van der Waals surface area contributed by atoms with Crippen LogP contribution in [0.3, 0.4) is 0 Å². The van der Waals surface area contributed by atoms with Crippen molar-refractivity contribution in [2.24, 2.45) is 5.73 Å². The Kier molecular flexibility index (Phi) is 5.23. The van der Waals surface area contributed by atoms with Crippen molar-refractivity contribution in [2.45, 2.75) is 18.9 Å². The number of aliphatic hydroxyl groups excluding tert-OH is 1. The summed E-state index contributed by atoms with van der Waals surface area (Å²) < 4.78 is 5.36. The maximum Gasteiger partial charge on any atom is 0.122 e. The van der Waals surface area contributed by atoms with Crippen LogP contribution in [0.25, 0.3) is 0 Å². The summed E-state index contributed by atoms with van der Waals surface area (Å²) in [7, 11) is 1.61. The Labute approximate surface area is 130 Å². The largest absolute Gasteiger partial charge is 0.496 e. The summed E-state index contributed by atoms with van der Waals surface area (Å²) in [4.78, 5) is 0. The highest BCUT2D eigenvalue weighted by atomic mass is 35.5. The average Bonchev–Trinajstić information content (AvgIpc) is 2.48. The van der Waals surface area contributed by atoms with Gasteiger partial charge >= 0.3 is 0 Å². The number of halogens is 1. The van der Waals surface area contributed by atoms with E-state index >= 15 is 0 Å². The van der Waals surface area contributed by atoms with E-state index in [0.717, 1.165) is 16.9 Å². The number of hydrogen-bond donors (Lipinski definition) is 2. The molecule has 0 saturated carbocycles. The van der Waals surface area contributed by atoms with Crippen LogP contribution in [0.5, 0.6) is 5.75 Å². The topological polar surface area (TPSA) is 55.5 Å². The highest BCUT2D eigenvalue weighted by Crippen LogP contribution is 2.37. The molecule has 2 atom stereocenters. The fraction of sp³-hybridized carbons (Fsp3) is 0.294. The van der Waals surface area contributed by atoms with E-state index in [1.54, 1.807) is 7.11 Å².